The molecule has 21 heavy (non-hydrogen) atoms. The second-order valence-electron chi connectivity index (χ2n) is 5.13. The number of aromatic nitrogens is 1. The number of rotatable bonds is 3. The van der Waals surface area contributed by atoms with E-state index in [0.29, 0.717) is 16.6 Å². The number of hydrogen-bond donors (Lipinski definition) is 1. The highest BCUT2D eigenvalue weighted by molar-refractivity contribution is 6.35. The Bertz CT molecular complexity index is 767. The lowest BCUT2D eigenvalue weighted by atomic mass is 10.1. The molecule has 108 valence electrons. The van der Waals surface area contributed by atoms with E-state index < -0.39 is 0 Å². The Morgan fingerprint density at radius 3 is 2.62 bits per heavy atom. The first-order valence-electron chi connectivity index (χ1n) is 6.79. The lowest BCUT2D eigenvalue weighted by molar-refractivity contribution is 0.862. The van der Waals surface area contributed by atoms with Crippen LogP contribution in [0.4, 0.5) is 5.69 Å². The van der Waals surface area contributed by atoms with Crippen molar-refractivity contribution in [2.24, 2.45) is 7.05 Å². The van der Waals surface area contributed by atoms with Gasteiger partial charge in [-0.05, 0) is 36.8 Å². The summed E-state index contributed by atoms with van der Waals surface area (Å²) in [6.07, 6.45) is 0. The fourth-order valence-electron chi connectivity index (χ4n) is 2.70. The molecule has 3 rings (SSSR count). The zero-order chi connectivity index (χ0) is 15.0. The predicted molar refractivity (Wildman–Crippen MR) is 91.4 cm³/mol. The van der Waals surface area contributed by atoms with Crippen molar-refractivity contribution in [2.75, 3.05) is 5.32 Å². The summed E-state index contributed by atoms with van der Waals surface area (Å²) < 4.78 is 2.22. The maximum Gasteiger partial charge on any atom is 0.0638 e. The van der Waals surface area contributed by atoms with Crippen LogP contribution in [-0.2, 0) is 13.6 Å². The summed E-state index contributed by atoms with van der Waals surface area (Å²) in [7, 11) is 2.09. The molecule has 0 atom stereocenters. The molecule has 0 amide bonds. The van der Waals surface area contributed by atoms with Crippen LogP contribution in [0.5, 0.6) is 0 Å². The quantitative estimate of drug-likeness (QED) is 0.683. The molecular weight excluding hydrogens is 303 g/mol. The number of nitrogens with zero attached hydrogens (tertiary/aromatic N) is 1. The van der Waals surface area contributed by atoms with Crippen molar-refractivity contribution < 1.29 is 0 Å². The van der Waals surface area contributed by atoms with E-state index in [1.54, 1.807) is 12.1 Å². The van der Waals surface area contributed by atoms with Gasteiger partial charge in [-0.1, -0.05) is 41.4 Å². The third kappa shape index (κ3) is 2.61. The highest BCUT2D eigenvalue weighted by atomic mass is 35.5. The molecule has 1 heterocycles. The second-order valence-corrected chi connectivity index (χ2v) is 5.97. The number of halogens is 2. The monoisotopic (exact) mass is 318 g/mol. The molecule has 1 N–H and O–H groups in total. The Kier molecular flexibility index (Phi) is 3.83. The van der Waals surface area contributed by atoms with E-state index >= 15 is 0 Å². The third-order valence-electron chi connectivity index (χ3n) is 3.88. The molecule has 0 saturated carbocycles. The van der Waals surface area contributed by atoms with Gasteiger partial charge in [-0.2, -0.15) is 0 Å². The molecule has 0 aliphatic rings. The SMILES string of the molecule is Cc1c(CNc2cc(Cl)ccc2Cl)n(C)c2ccccc12. The van der Waals surface area contributed by atoms with Gasteiger partial charge in [-0.15, -0.1) is 0 Å². The minimum absolute atomic E-state index is 0.677. The number of para-hydroxylation sites is 1. The number of fused-ring (bicyclic) bond motifs is 1. The Labute approximate surface area is 134 Å². The van der Waals surface area contributed by atoms with Gasteiger partial charge in [0.15, 0.2) is 0 Å². The molecule has 0 fully saturated rings. The first-order chi connectivity index (χ1) is 10.1. The average molecular weight is 319 g/mol. The van der Waals surface area contributed by atoms with Crippen molar-refractivity contribution >= 4 is 39.8 Å². The van der Waals surface area contributed by atoms with Gasteiger partial charge in [0.1, 0.15) is 0 Å². The minimum Gasteiger partial charge on any atom is -0.378 e. The molecule has 0 saturated heterocycles. The van der Waals surface area contributed by atoms with Crippen molar-refractivity contribution in [1.82, 2.24) is 4.57 Å². The summed E-state index contributed by atoms with van der Waals surface area (Å²) in [6.45, 7) is 2.86. The summed E-state index contributed by atoms with van der Waals surface area (Å²) in [6, 6.07) is 13.9. The maximum atomic E-state index is 6.19. The summed E-state index contributed by atoms with van der Waals surface area (Å²) in [4.78, 5) is 0. The summed E-state index contributed by atoms with van der Waals surface area (Å²) in [5.41, 5.74) is 4.63. The van der Waals surface area contributed by atoms with Crippen LogP contribution in [0.15, 0.2) is 42.5 Å². The van der Waals surface area contributed by atoms with E-state index in [-0.39, 0.29) is 0 Å². The third-order valence-corrected chi connectivity index (χ3v) is 4.45. The topological polar surface area (TPSA) is 17.0 Å². The van der Waals surface area contributed by atoms with Crippen molar-refractivity contribution in [2.45, 2.75) is 13.5 Å². The largest absolute Gasteiger partial charge is 0.378 e. The molecule has 4 heteroatoms. The van der Waals surface area contributed by atoms with Crippen molar-refractivity contribution in [3.8, 4) is 0 Å². The molecule has 0 radical (unpaired) electrons. The van der Waals surface area contributed by atoms with E-state index in [4.69, 9.17) is 23.2 Å². The predicted octanol–water partition coefficient (Wildman–Crippen LogP) is 5.41. The van der Waals surface area contributed by atoms with Gasteiger partial charge in [-0.3, -0.25) is 0 Å². The van der Waals surface area contributed by atoms with Crippen LogP contribution in [0.3, 0.4) is 0 Å². The molecule has 3 aromatic rings. The zero-order valence-electron chi connectivity index (χ0n) is 12.0. The van der Waals surface area contributed by atoms with Crippen LogP contribution in [-0.4, -0.2) is 4.57 Å². The van der Waals surface area contributed by atoms with Crippen LogP contribution in [0.2, 0.25) is 10.0 Å². The molecule has 0 unspecified atom stereocenters. The zero-order valence-corrected chi connectivity index (χ0v) is 13.5. The summed E-state index contributed by atoms with van der Waals surface area (Å²) in [5.74, 6) is 0. The molecule has 0 aliphatic carbocycles. The van der Waals surface area contributed by atoms with Crippen LogP contribution in [0.1, 0.15) is 11.3 Å². The van der Waals surface area contributed by atoms with Crippen molar-refractivity contribution in [3.63, 3.8) is 0 Å². The molecule has 0 bridgehead atoms. The van der Waals surface area contributed by atoms with Gasteiger partial charge in [0.05, 0.1) is 17.3 Å². The van der Waals surface area contributed by atoms with Crippen LogP contribution in [0.25, 0.3) is 10.9 Å². The number of aryl methyl sites for hydroxylation is 2. The Morgan fingerprint density at radius 2 is 1.86 bits per heavy atom. The molecular formula is C17H16Cl2N2. The number of anilines is 1. The lowest BCUT2D eigenvalue weighted by Crippen LogP contribution is -2.06. The van der Waals surface area contributed by atoms with Gasteiger partial charge in [0, 0.05) is 28.7 Å². The highest BCUT2D eigenvalue weighted by Gasteiger charge is 2.11. The van der Waals surface area contributed by atoms with Gasteiger partial charge in [0.25, 0.3) is 0 Å². The fraction of sp³-hybridized carbons (Fsp3) is 0.176. The van der Waals surface area contributed by atoms with Gasteiger partial charge >= 0.3 is 0 Å². The van der Waals surface area contributed by atoms with Crippen molar-refractivity contribution in [3.05, 3.63) is 63.8 Å². The van der Waals surface area contributed by atoms with E-state index in [9.17, 15) is 0 Å². The summed E-state index contributed by atoms with van der Waals surface area (Å²) in [5, 5.41) is 6.01. The molecule has 1 aromatic heterocycles. The van der Waals surface area contributed by atoms with Gasteiger partial charge < -0.3 is 9.88 Å². The normalized spacial score (nSPS) is 11.0. The van der Waals surface area contributed by atoms with E-state index in [2.05, 4.69) is 48.1 Å². The van der Waals surface area contributed by atoms with Crippen LogP contribution in [0, 0.1) is 6.92 Å². The first kappa shape index (κ1) is 14.3. The minimum atomic E-state index is 0.677. The summed E-state index contributed by atoms with van der Waals surface area (Å²) >= 11 is 12.2. The van der Waals surface area contributed by atoms with E-state index in [1.165, 1.54) is 22.2 Å². The smallest absolute Gasteiger partial charge is 0.0638 e. The highest BCUT2D eigenvalue weighted by Crippen LogP contribution is 2.28. The Morgan fingerprint density at radius 1 is 1.10 bits per heavy atom. The standard InChI is InChI=1S/C17H16Cl2N2/c1-11-13-5-3-4-6-16(13)21(2)17(11)10-20-15-9-12(18)7-8-14(15)19/h3-9,20H,10H2,1-2H3. The van der Waals surface area contributed by atoms with E-state index in [0.717, 1.165) is 5.69 Å². The Hall–Kier alpha value is -1.64. The average Bonchev–Trinajstić information content (AvgIpc) is 2.73. The first-order valence-corrected chi connectivity index (χ1v) is 7.55. The molecule has 0 aliphatic heterocycles. The molecule has 2 nitrogen and oxygen atoms in total. The van der Waals surface area contributed by atoms with Gasteiger partial charge in [0.2, 0.25) is 0 Å². The number of benzene rings is 2. The Balaban J connectivity index is 1.94. The van der Waals surface area contributed by atoms with Crippen LogP contribution < -0.4 is 5.32 Å². The van der Waals surface area contributed by atoms with Crippen molar-refractivity contribution in [1.29, 1.82) is 0 Å². The number of nitrogens with one attached hydrogen (secondary N) is 1. The maximum absolute atomic E-state index is 6.19. The lowest BCUT2D eigenvalue weighted by Gasteiger charge is -2.11. The van der Waals surface area contributed by atoms with Crippen LogP contribution >= 0.6 is 23.2 Å². The van der Waals surface area contributed by atoms with Gasteiger partial charge in [-0.25, -0.2) is 0 Å². The van der Waals surface area contributed by atoms with E-state index in [1.807, 2.05) is 6.07 Å². The second kappa shape index (κ2) is 5.63. The fourth-order valence-corrected chi connectivity index (χ4v) is 3.06. The molecule has 0 spiro atoms. The molecule has 2 aromatic carbocycles. The number of hydrogen-bond acceptors (Lipinski definition) is 1.